The van der Waals surface area contributed by atoms with Gasteiger partial charge in [-0.15, -0.1) is 0 Å². The van der Waals surface area contributed by atoms with Crippen LogP contribution in [0.1, 0.15) is 28.9 Å². The van der Waals surface area contributed by atoms with Crippen molar-refractivity contribution in [1.29, 1.82) is 0 Å². The summed E-state index contributed by atoms with van der Waals surface area (Å²) in [5.41, 5.74) is 6.49. The first kappa shape index (κ1) is 14.8. The molecule has 0 saturated carbocycles. The summed E-state index contributed by atoms with van der Waals surface area (Å²) in [6.45, 7) is 1.84. The molecule has 4 nitrogen and oxygen atoms in total. The van der Waals surface area contributed by atoms with Crippen molar-refractivity contribution in [1.82, 2.24) is 5.32 Å². The van der Waals surface area contributed by atoms with Crippen molar-refractivity contribution in [3.05, 3.63) is 59.4 Å². The van der Waals surface area contributed by atoms with Crippen molar-refractivity contribution >= 4 is 11.6 Å². The summed E-state index contributed by atoms with van der Waals surface area (Å²) < 4.78 is 18.7. The quantitative estimate of drug-likeness (QED) is 0.850. The number of hydrogen-bond donors (Lipinski definition) is 2. The van der Waals surface area contributed by atoms with Crippen LogP contribution in [0, 0.1) is 5.82 Å². The van der Waals surface area contributed by atoms with Gasteiger partial charge >= 0.3 is 0 Å². The highest BCUT2D eigenvalue weighted by Crippen LogP contribution is 2.24. The molecule has 0 aliphatic rings. The Kier molecular flexibility index (Phi) is 4.42. The molecule has 0 spiro atoms. The van der Waals surface area contributed by atoms with Gasteiger partial charge in [-0.2, -0.15) is 0 Å². The molecule has 0 bridgehead atoms. The number of para-hydroxylation sites is 1. The molecule has 2 aromatic carbocycles. The number of nitrogen functional groups attached to an aromatic ring is 1. The highest BCUT2D eigenvalue weighted by Gasteiger charge is 2.15. The van der Waals surface area contributed by atoms with E-state index in [-0.39, 0.29) is 23.2 Å². The number of rotatable bonds is 4. The maximum Gasteiger partial charge on any atom is 0.251 e. The third-order valence-electron chi connectivity index (χ3n) is 3.22. The van der Waals surface area contributed by atoms with Gasteiger partial charge in [-0.3, -0.25) is 4.79 Å². The van der Waals surface area contributed by atoms with Crippen LogP contribution < -0.4 is 15.8 Å². The van der Waals surface area contributed by atoms with Crippen molar-refractivity contribution < 1.29 is 13.9 Å². The van der Waals surface area contributed by atoms with Crippen molar-refractivity contribution in [3.8, 4) is 5.75 Å². The predicted molar refractivity (Wildman–Crippen MR) is 79.7 cm³/mol. The lowest BCUT2D eigenvalue weighted by Crippen LogP contribution is -2.27. The Morgan fingerprint density at radius 3 is 2.67 bits per heavy atom. The minimum absolute atomic E-state index is 0.0179. The smallest absolute Gasteiger partial charge is 0.251 e. The van der Waals surface area contributed by atoms with Gasteiger partial charge in [-0.05, 0) is 31.2 Å². The molecule has 0 aromatic heterocycles. The second-order valence-electron chi connectivity index (χ2n) is 4.67. The van der Waals surface area contributed by atoms with Crippen LogP contribution in [0.2, 0.25) is 0 Å². The van der Waals surface area contributed by atoms with Crippen LogP contribution in [0.5, 0.6) is 5.75 Å². The van der Waals surface area contributed by atoms with Crippen molar-refractivity contribution in [2.45, 2.75) is 13.0 Å². The summed E-state index contributed by atoms with van der Waals surface area (Å²) in [5, 5.41) is 2.81. The molecule has 0 fully saturated rings. The first-order valence-corrected chi connectivity index (χ1v) is 6.51. The topological polar surface area (TPSA) is 64.3 Å². The van der Waals surface area contributed by atoms with E-state index in [9.17, 15) is 9.18 Å². The third-order valence-corrected chi connectivity index (χ3v) is 3.22. The molecule has 0 heterocycles. The van der Waals surface area contributed by atoms with Crippen LogP contribution >= 0.6 is 0 Å². The fourth-order valence-corrected chi connectivity index (χ4v) is 2.05. The average molecular weight is 288 g/mol. The monoisotopic (exact) mass is 288 g/mol. The molecule has 110 valence electrons. The standard InChI is InChI=1S/C16H17FN2O2/c1-10(12-5-3-4-6-15(12)21-2)19-16(20)11-7-8-14(18)13(17)9-11/h3-10H,18H2,1-2H3,(H,19,20)/t10-/m1/s1. The zero-order valence-electron chi connectivity index (χ0n) is 11.9. The molecular formula is C16H17FN2O2. The van der Waals surface area contributed by atoms with Gasteiger partial charge in [0.2, 0.25) is 0 Å². The lowest BCUT2D eigenvalue weighted by atomic mass is 10.1. The van der Waals surface area contributed by atoms with Gasteiger partial charge in [0, 0.05) is 11.1 Å². The van der Waals surface area contributed by atoms with Crippen LogP contribution in [-0.2, 0) is 0 Å². The minimum atomic E-state index is -0.604. The number of anilines is 1. The molecule has 2 aromatic rings. The highest BCUT2D eigenvalue weighted by atomic mass is 19.1. The van der Waals surface area contributed by atoms with Crippen LogP contribution in [0.25, 0.3) is 0 Å². The van der Waals surface area contributed by atoms with Crippen LogP contribution in [0.15, 0.2) is 42.5 Å². The normalized spacial score (nSPS) is 11.8. The van der Waals surface area contributed by atoms with Gasteiger partial charge in [-0.1, -0.05) is 18.2 Å². The maximum atomic E-state index is 13.4. The van der Waals surface area contributed by atoms with Crippen LogP contribution in [-0.4, -0.2) is 13.0 Å². The fraction of sp³-hybridized carbons (Fsp3) is 0.188. The number of amides is 1. The number of halogens is 1. The Morgan fingerprint density at radius 2 is 2.00 bits per heavy atom. The zero-order valence-corrected chi connectivity index (χ0v) is 11.9. The summed E-state index contributed by atoms with van der Waals surface area (Å²) in [7, 11) is 1.57. The molecule has 3 N–H and O–H groups in total. The molecule has 1 atom stereocenters. The molecular weight excluding hydrogens is 271 g/mol. The van der Waals surface area contributed by atoms with Gasteiger partial charge in [0.15, 0.2) is 0 Å². The van der Waals surface area contributed by atoms with Crippen LogP contribution in [0.3, 0.4) is 0 Å². The van der Waals surface area contributed by atoms with Crippen LogP contribution in [0.4, 0.5) is 10.1 Å². The van der Waals surface area contributed by atoms with Crippen molar-refractivity contribution in [3.63, 3.8) is 0 Å². The predicted octanol–water partition coefficient (Wildman–Crippen LogP) is 2.91. The Balaban J connectivity index is 2.16. The lowest BCUT2D eigenvalue weighted by molar-refractivity contribution is 0.0939. The number of hydrogen-bond acceptors (Lipinski definition) is 3. The van der Waals surface area contributed by atoms with E-state index in [4.69, 9.17) is 10.5 Å². The average Bonchev–Trinajstić information content (AvgIpc) is 2.49. The number of carbonyl (C=O) groups is 1. The zero-order chi connectivity index (χ0) is 15.4. The Labute approximate surface area is 122 Å². The number of benzene rings is 2. The summed E-state index contributed by atoms with van der Waals surface area (Å²) in [4.78, 5) is 12.1. The molecule has 0 saturated heterocycles. The molecule has 0 aliphatic carbocycles. The number of methoxy groups -OCH3 is 1. The van der Waals surface area contributed by atoms with Gasteiger partial charge in [0.25, 0.3) is 5.91 Å². The van der Waals surface area contributed by atoms with Gasteiger partial charge in [0.1, 0.15) is 11.6 Å². The summed E-state index contributed by atoms with van der Waals surface area (Å²) in [5.74, 6) is -0.284. The molecule has 1 amide bonds. The molecule has 21 heavy (non-hydrogen) atoms. The molecule has 2 rings (SSSR count). The van der Waals surface area contributed by atoms with Gasteiger partial charge < -0.3 is 15.8 Å². The number of nitrogens with two attached hydrogens (primary N) is 1. The van der Waals surface area contributed by atoms with Gasteiger partial charge in [0.05, 0.1) is 18.8 Å². The SMILES string of the molecule is COc1ccccc1[C@@H](C)NC(=O)c1ccc(N)c(F)c1. The Morgan fingerprint density at radius 1 is 1.29 bits per heavy atom. The highest BCUT2D eigenvalue weighted by molar-refractivity contribution is 5.94. The molecule has 0 aliphatic heterocycles. The Bertz CT molecular complexity index is 658. The maximum absolute atomic E-state index is 13.4. The van der Waals surface area contributed by atoms with Crippen molar-refractivity contribution in [2.24, 2.45) is 0 Å². The summed E-state index contributed by atoms with van der Waals surface area (Å²) in [6, 6.07) is 11.1. The van der Waals surface area contributed by atoms with E-state index in [1.807, 2.05) is 31.2 Å². The largest absolute Gasteiger partial charge is 0.496 e. The van der Waals surface area contributed by atoms with E-state index in [1.165, 1.54) is 12.1 Å². The first-order chi connectivity index (χ1) is 10.0. The second-order valence-corrected chi connectivity index (χ2v) is 4.67. The first-order valence-electron chi connectivity index (χ1n) is 6.51. The van der Waals surface area contributed by atoms with E-state index < -0.39 is 5.82 Å². The molecule has 0 radical (unpaired) electrons. The van der Waals surface area contributed by atoms with E-state index in [0.29, 0.717) is 5.75 Å². The third kappa shape index (κ3) is 3.31. The van der Waals surface area contributed by atoms with Gasteiger partial charge in [-0.25, -0.2) is 4.39 Å². The second kappa shape index (κ2) is 6.26. The van der Waals surface area contributed by atoms with E-state index >= 15 is 0 Å². The number of nitrogens with one attached hydrogen (secondary N) is 1. The van der Waals surface area contributed by atoms with E-state index in [1.54, 1.807) is 7.11 Å². The summed E-state index contributed by atoms with van der Waals surface area (Å²) in [6.07, 6.45) is 0. The summed E-state index contributed by atoms with van der Waals surface area (Å²) >= 11 is 0. The molecule has 0 unspecified atom stereocenters. The van der Waals surface area contributed by atoms with E-state index in [2.05, 4.69) is 5.32 Å². The number of ether oxygens (including phenoxy) is 1. The molecule has 5 heteroatoms. The fourth-order valence-electron chi connectivity index (χ4n) is 2.05. The lowest BCUT2D eigenvalue weighted by Gasteiger charge is -2.17. The van der Waals surface area contributed by atoms with Crippen molar-refractivity contribution in [2.75, 3.05) is 12.8 Å². The Hall–Kier alpha value is -2.56. The number of carbonyl (C=O) groups excluding carboxylic acids is 1. The minimum Gasteiger partial charge on any atom is -0.496 e. The van der Waals surface area contributed by atoms with E-state index in [0.717, 1.165) is 11.6 Å².